The molecule has 1 heteroatoms. The first-order valence-electron chi connectivity index (χ1n) is 4.94. The van der Waals surface area contributed by atoms with Gasteiger partial charge in [-0.2, -0.15) is 0 Å². The van der Waals surface area contributed by atoms with Gasteiger partial charge in [0.05, 0.1) is 0 Å². The third-order valence-electron chi connectivity index (χ3n) is 3.29. The summed E-state index contributed by atoms with van der Waals surface area (Å²) in [7, 11) is 0. The summed E-state index contributed by atoms with van der Waals surface area (Å²) in [6.07, 6.45) is 4.00. The lowest BCUT2D eigenvalue weighted by atomic mass is 9.74. The Morgan fingerprint density at radius 1 is 1.50 bits per heavy atom. The molecule has 1 rings (SSSR count). The number of carbonyl (C=O) groups excluding carboxylic acids is 1. The van der Waals surface area contributed by atoms with Gasteiger partial charge in [-0.15, -0.1) is 0 Å². The Kier molecular flexibility index (Phi) is 2.60. The molecule has 0 bridgehead atoms. The van der Waals surface area contributed by atoms with E-state index in [1.165, 1.54) is 19.3 Å². The molecule has 1 nitrogen and oxygen atoms in total. The van der Waals surface area contributed by atoms with Crippen LogP contribution in [0.5, 0.6) is 0 Å². The topological polar surface area (TPSA) is 17.1 Å². The summed E-state index contributed by atoms with van der Waals surface area (Å²) >= 11 is 0. The molecule has 12 heavy (non-hydrogen) atoms. The molecule has 0 aliphatic heterocycles. The number of hydrogen-bond donors (Lipinski definition) is 0. The molecule has 0 amide bonds. The van der Waals surface area contributed by atoms with E-state index in [0.717, 1.165) is 5.92 Å². The highest BCUT2D eigenvalue weighted by molar-refractivity contribution is 5.78. The Hall–Kier alpha value is -0.330. The fraction of sp³-hybridized carbons (Fsp3) is 0.909. The van der Waals surface area contributed by atoms with Gasteiger partial charge in [0.25, 0.3) is 0 Å². The van der Waals surface area contributed by atoms with Crippen molar-refractivity contribution in [3.8, 4) is 0 Å². The zero-order chi connectivity index (χ0) is 9.35. The van der Waals surface area contributed by atoms with Crippen LogP contribution in [-0.2, 0) is 4.79 Å². The second-order valence-corrected chi connectivity index (χ2v) is 4.97. The van der Waals surface area contributed by atoms with Crippen molar-refractivity contribution in [1.29, 1.82) is 0 Å². The second kappa shape index (κ2) is 3.20. The van der Waals surface area contributed by atoms with Crippen molar-refractivity contribution >= 4 is 5.78 Å². The van der Waals surface area contributed by atoms with Gasteiger partial charge in [-0.3, -0.25) is 4.79 Å². The smallest absolute Gasteiger partial charge is 0.133 e. The number of ketones is 1. The molecule has 1 fully saturated rings. The highest BCUT2D eigenvalue weighted by Gasteiger charge is 2.35. The minimum absolute atomic E-state index is 0.215. The molecule has 1 aliphatic rings. The van der Waals surface area contributed by atoms with E-state index in [0.29, 0.717) is 5.78 Å². The molecule has 0 aromatic rings. The number of hydrogen-bond acceptors (Lipinski definition) is 1. The van der Waals surface area contributed by atoms with Gasteiger partial charge in [0.15, 0.2) is 0 Å². The lowest BCUT2D eigenvalue weighted by Crippen LogP contribution is -2.27. The van der Waals surface area contributed by atoms with E-state index in [2.05, 4.69) is 20.8 Å². The summed E-state index contributed by atoms with van der Waals surface area (Å²) in [5, 5.41) is 0. The number of rotatable bonds is 4. The zero-order valence-electron chi connectivity index (χ0n) is 8.68. The van der Waals surface area contributed by atoms with Crippen LogP contribution in [0.2, 0.25) is 0 Å². The summed E-state index contributed by atoms with van der Waals surface area (Å²) in [6, 6.07) is 0. The highest BCUT2D eigenvalue weighted by Crippen LogP contribution is 2.43. The van der Waals surface area contributed by atoms with Crippen LogP contribution in [0.15, 0.2) is 0 Å². The van der Waals surface area contributed by atoms with Gasteiger partial charge < -0.3 is 0 Å². The van der Waals surface area contributed by atoms with Gasteiger partial charge >= 0.3 is 0 Å². The summed E-state index contributed by atoms with van der Waals surface area (Å²) in [4.78, 5) is 11.2. The fourth-order valence-electron chi connectivity index (χ4n) is 1.79. The molecule has 1 saturated carbocycles. The van der Waals surface area contributed by atoms with E-state index in [4.69, 9.17) is 0 Å². The molecule has 0 N–H and O–H groups in total. The van der Waals surface area contributed by atoms with Crippen molar-refractivity contribution in [2.75, 3.05) is 0 Å². The Morgan fingerprint density at radius 2 is 2.00 bits per heavy atom. The van der Waals surface area contributed by atoms with Crippen LogP contribution in [0, 0.1) is 17.3 Å². The highest BCUT2D eigenvalue weighted by atomic mass is 16.1. The van der Waals surface area contributed by atoms with Gasteiger partial charge in [0, 0.05) is 5.92 Å². The molecular formula is C11H20O. The van der Waals surface area contributed by atoms with Crippen LogP contribution < -0.4 is 0 Å². The lowest BCUT2D eigenvalue weighted by molar-refractivity contribution is -0.123. The predicted molar refractivity (Wildman–Crippen MR) is 51.0 cm³/mol. The van der Waals surface area contributed by atoms with Crippen LogP contribution in [0.3, 0.4) is 0 Å². The molecule has 0 aromatic heterocycles. The number of Topliss-reactive ketones (excluding diaryl/α,β-unsaturated/α-hetero) is 1. The Labute approximate surface area is 75.5 Å². The van der Waals surface area contributed by atoms with E-state index in [-0.39, 0.29) is 11.3 Å². The molecule has 1 atom stereocenters. The normalized spacial score (nSPS) is 20.7. The standard InChI is InChI=1S/C11H20O/c1-8(9(2)12)11(3,4)7-10-5-6-10/h8,10H,5-7H2,1-4H3. The molecule has 0 spiro atoms. The molecule has 0 heterocycles. The molecule has 1 aliphatic carbocycles. The van der Waals surface area contributed by atoms with Crippen molar-refractivity contribution in [1.82, 2.24) is 0 Å². The summed E-state index contributed by atoms with van der Waals surface area (Å²) < 4.78 is 0. The minimum atomic E-state index is 0.215. The Bertz CT molecular complexity index is 177. The van der Waals surface area contributed by atoms with Crippen molar-refractivity contribution in [3.05, 3.63) is 0 Å². The predicted octanol–water partition coefficient (Wildman–Crippen LogP) is 3.04. The van der Waals surface area contributed by atoms with Crippen LogP contribution >= 0.6 is 0 Å². The van der Waals surface area contributed by atoms with Gasteiger partial charge in [-0.05, 0) is 24.7 Å². The fourth-order valence-corrected chi connectivity index (χ4v) is 1.79. The molecule has 1 unspecified atom stereocenters. The van der Waals surface area contributed by atoms with Gasteiger partial charge in [0.1, 0.15) is 5.78 Å². The monoisotopic (exact) mass is 168 g/mol. The second-order valence-electron chi connectivity index (χ2n) is 4.97. The van der Waals surface area contributed by atoms with E-state index >= 15 is 0 Å². The van der Waals surface area contributed by atoms with E-state index in [1.54, 1.807) is 6.92 Å². The van der Waals surface area contributed by atoms with Crippen molar-refractivity contribution < 1.29 is 4.79 Å². The van der Waals surface area contributed by atoms with Crippen molar-refractivity contribution in [2.45, 2.75) is 47.0 Å². The molecule has 70 valence electrons. The third kappa shape index (κ3) is 2.33. The lowest BCUT2D eigenvalue weighted by Gasteiger charge is -2.30. The Balaban J connectivity index is 2.49. The first-order chi connectivity index (χ1) is 5.43. The first kappa shape index (κ1) is 9.76. The quantitative estimate of drug-likeness (QED) is 0.630. The minimum Gasteiger partial charge on any atom is -0.300 e. The van der Waals surface area contributed by atoms with Crippen LogP contribution in [0.4, 0.5) is 0 Å². The largest absolute Gasteiger partial charge is 0.300 e. The molecule has 0 aromatic carbocycles. The van der Waals surface area contributed by atoms with E-state index < -0.39 is 0 Å². The SMILES string of the molecule is CC(=O)C(C)C(C)(C)CC1CC1. The average Bonchev–Trinajstić information content (AvgIpc) is 2.69. The maximum Gasteiger partial charge on any atom is 0.133 e. The summed E-state index contributed by atoms with van der Waals surface area (Å²) in [5.74, 6) is 1.47. The maximum atomic E-state index is 11.2. The van der Waals surface area contributed by atoms with Crippen molar-refractivity contribution in [2.24, 2.45) is 17.3 Å². The third-order valence-corrected chi connectivity index (χ3v) is 3.29. The zero-order valence-corrected chi connectivity index (χ0v) is 8.68. The van der Waals surface area contributed by atoms with Crippen LogP contribution in [0.25, 0.3) is 0 Å². The van der Waals surface area contributed by atoms with E-state index in [1.807, 2.05) is 0 Å². The molecular weight excluding hydrogens is 148 g/mol. The average molecular weight is 168 g/mol. The van der Waals surface area contributed by atoms with Gasteiger partial charge in [0.2, 0.25) is 0 Å². The van der Waals surface area contributed by atoms with Crippen LogP contribution in [-0.4, -0.2) is 5.78 Å². The Morgan fingerprint density at radius 3 is 2.33 bits per heavy atom. The summed E-state index contributed by atoms with van der Waals surface area (Å²) in [5.41, 5.74) is 0.215. The summed E-state index contributed by atoms with van der Waals surface area (Å²) in [6.45, 7) is 8.21. The number of carbonyl (C=O) groups is 1. The maximum absolute atomic E-state index is 11.2. The molecule has 0 saturated heterocycles. The van der Waals surface area contributed by atoms with Crippen molar-refractivity contribution in [3.63, 3.8) is 0 Å². The van der Waals surface area contributed by atoms with Gasteiger partial charge in [-0.25, -0.2) is 0 Å². The first-order valence-corrected chi connectivity index (χ1v) is 4.94. The van der Waals surface area contributed by atoms with Crippen LogP contribution in [0.1, 0.15) is 47.0 Å². The van der Waals surface area contributed by atoms with E-state index in [9.17, 15) is 4.79 Å². The molecule has 0 radical (unpaired) electrons. The van der Waals surface area contributed by atoms with Gasteiger partial charge in [-0.1, -0.05) is 33.6 Å².